The summed E-state index contributed by atoms with van der Waals surface area (Å²) in [5.41, 5.74) is 0.0180. The highest BCUT2D eigenvalue weighted by molar-refractivity contribution is 5.76. The molecule has 1 aliphatic heterocycles. The van der Waals surface area contributed by atoms with Gasteiger partial charge in [-0.25, -0.2) is 0 Å². The van der Waals surface area contributed by atoms with E-state index in [1.165, 1.54) is 0 Å². The fraction of sp³-hybridized carbons (Fsp3) is 0.571. The van der Waals surface area contributed by atoms with E-state index in [1.54, 1.807) is 24.5 Å². The summed E-state index contributed by atoms with van der Waals surface area (Å²) >= 11 is 0. The molecule has 2 rings (SSSR count). The van der Waals surface area contributed by atoms with Gasteiger partial charge in [-0.15, -0.1) is 0 Å². The van der Waals surface area contributed by atoms with Crippen LogP contribution in [0.3, 0.4) is 0 Å². The van der Waals surface area contributed by atoms with E-state index in [0.717, 1.165) is 45.6 Å². The Morgan fingerprint density at radius 2 is 2.00 bits per heavy atom. The predicted molar refractivity (Wildman–Crippen MR) is 74.0 cm³/mol. The fourth-order valence-corrected chi connectivity index (χ4v) is 2.26. The lowest BCUT2D eigenvalue weighted by atomic mass is 10.2. The number of carbonyl (C=O) groups is 1. The normalized spacial score (nSPS) is 16.1. The molecule has 0 bridgehead atoms. The number of carbonyl (C=O) groups excluding carboxylic acids is 1. The molecule has 1 fully saturated rings. The summed E-state index contributed by atoms with van der Waals surface area (Å²) < 4.78 is 1.94. The Bertz CT molecular complexity index is 442. The molecule has 1 aliphatic rings. The maximum Gasteiger partial charge on any atom is 0.222 e. The molecule has 1 aromatic heterocycles. The van der Waals surface area contributed by atoms with E-state index in [-0.39, 0.29) is 11.3 Å². The summed E-state index contributed by atoms with van der Waals surface area (Å²) in [4.78, 5) is 24.9. The number of rotatable bonds is 4. The highest BCUT2D eigenvalue weighted by Crippen LogP contribution is 2.03. The Balaban J connectivity index is 1.73. The van der Waals surface area contributed by atoms with Crippen LogP contribution in [-0.2, 0) is 11.3 Å². The molecule has 1 aromatic rings. The van der Waals surface area contributed by atoms with Crippen molar-refractivity contribution in [3.05, 3.63) is 34.7 Å². The molecule has 0 aliphatic carbocycles. The average molecular weight is 263 g/mol. The van der Waals surface area contributed by atoms with Gasteiger partial charge in [-0.2, -0.15) is 0 Å². The van der Waals surface area contributed by atoms with Crippen molar-refractivity contribution in [1.82, 2.24) is 14.8 Å². The molecule has 0 spiro atoms. The minimum atomic E-state index is 0.0180. The lowest BCUT2D eigenvalue weighted by Crippen LogP contribution is -2.34. The molecule has 104 valence electrons. The quantitative estimate of drug-likeness (QED) is 0.858. The summed E-state index contributed by atoms with van der Waals surface area (Å²) in [5.74, 6) is 0.241. The van der Waals surface area contributed by atoms with Crippen molar-refractivity contribution < 1.29 is 4.79 Å². The van der Waals surface area contributed by atoms with Crippen LogP contribution in [0.2, 0.25) is 0 Å². The number of aromatic nitrogens is 1. The first-order valence-electron chi connectivity index (χ1n) is 6.90. The topological polar surface area (TPSA) is 54.3 Å². The zero-order valence-electron chi connectivity index (χ0n) is 11.2. The molecule has 0 atom stereocenters. The van der Waals surface area contributed by atoms with Crippen molar-refractivity contribution in [2.75, 3.05) is 26.2 Å². The molecular formula is C14H21N3O2. The van der Waals surface area contributed by atoms with Gasteiger partial charge >= 0.3 is 0 Å². The van der Waals surface area contributed by atoms with Crippen molar-refractivity contribution in [1.29, 1.82) is 0 Å². The molecule has 0 aromatic carbocycles. The van der Waals surface area contributed by atoms with Crippen LogP contribution >= 0.6 is 0 Å². The van der Waals surface area contributed by atoms with Crippen LogP contribution in [-0.4, -0.2) is 41.6 Å². The van der Waals surface area contributed by atoms with Gasteiger partial charge in [0.15, 0.2) is 5.43 Å². The fourth-order valence-electron chi connectivity index (χ4n) is 2.26. The average Bonchev–Trinajstić information content (AvgIpc) is 2.70. The third-order valence-electron chi connectivity index (χ3n) is 3.36. The van der Waals surface area contributed by atoms with Crippen LogP contribution in [0.4, 0.5) is 0 Å². The Hall–Kier alpha value is -1.62. The smallest absolute Gasteiger partial charge is 0.222 e. The number of pyridine rings is 1. The van der Waals surface area contributed by atoms with E-state index < -0.39 is 0 Å². The first-order valence-corrected chi connectivity index (χ1v) is 6.90. The highest BCUT2D eigenvalue weighted by Gasteiger charge is 2.14. The minimum Gasteiger partial charge on any atom is -0.354 e. The van der Waals surface area contributed by atoms with Crippen molar-refractivity contribution in [2.24, 2.45) is 0 Å². The summed E-state index contributed by atoms with van der Waals surface area (Å²) in [5, 5.41) is 3.29. The number of nitrogens with zero attached hydrogens (tertiary/aromatic N) is 2. The summed E-state index contributed by atoms with van der Waals surface area (Å²) in [6.07, 6.45) is 5.95. The molecule has 1 saturated heterocycles. The van der Waals surface area contributed by atoms with Crippen molar-refractivity contribution >= 4 is 5.91 Å². The molecule has 0 saturated carbocycles. The SMILES string of the molecule is O=C(CCCn1ccc(=O)cc1)N1CCCNCC1. The zero-order valence-corrected chi connectivity index (χ0v) is 11.2. The van der Waals surface area contributed by atoms with Gasteiger partial charge < -0.3 is 14.8 Å². The predicted octanol–water partition coefficient (Wildman–Crippen LogP) is 0.450. The second kappa shape index (κ2) is 7.09. The van der Waals surface area contributed by atoms with Crippen molar-refractivity contribution in [3.63, 3.8) is 0 Å². The largest absolute Gasteiger partial charge is 0.354 e. The molecular weight excluding hydrogens is 242 g/mol. The Kier molecular flexibility index (Phi) is 5.15. The first-order chi connectivity index (χ1) is 9.25. The van der Waals surface area contributed by atoms with Gasteiger partial charge in [-0.05, 0) is 19.4 Å². The molecule has 2 heterocycles. The van der Waals surface area contributed by atoms with Gasteiger partial charge in [0.05, 0.1) is 0 Å². The summed E-state index contributed by atoms with van der Waals surface area (Å²) in [6, 6.07) is 3.09. The van der Waals surface area contributed by atoms with Crippen LogP contribution in [0.15, 0.2) is 29.3 Å². The Labute approximate surface area is 113 Å². The molecule has 0 radical (unpaired) electrons. The van der Waals surface area contributed by atoms with Gasteiger partial charge in [-0.3, -0.25) is 9.59 Å². The maximum atomic E-state index is 12.0. The lowest BCUT2D eigenvalue weighted by Gasteiger charge is -2.20. The monoisotopic (exact) mass is 263 g/mol. The highest BCUT2D eigenvalue weighted by atomic mass is 16.2. The van der Waals surface area contributed by atoms with Gasteiger partial charge in [0.25, 0.3) is 0 Å². The van der Waals surface area contributed by atoms with Crippen LogP contribution in [0.25, 0.3) is 0 Å². The minimum absolute atomic E-state index is 0.0180. The number of aryl methyl sites for hydroxylation is 1. The maximum absolute atomic E-state index is 12.0. The standard InChI is InChI=1S/C14H21N3O2/c18-13-4-10-16(11-5-13)8-1-3-14(19)17-9-2-6-15-7-12-17/h4-5,10-11,15H,1-3,6-9,12H2. The van der Waals surface area contributed by atoms with Gasteiger partial charge in [0, 0.05) is 57.1 Å². The van der Waals surface area contributed by atoms with Crippen LogP contribution in [0.1, 0.15) is 19.3 Å². The van der Waals surface area contributed by atoms with E-state index in [9.17, 15) is 9.59 Å². The van der Waals surface area contributed by atoms with E-state index >= 15 is 0 Å². The van der Waals surface area contributed by atoms with Crippen LogP contribution < -0.4 is 10.7 Å². The van der Waals surface area contributed by atoms with E-state index in [2.05, 4.69) is 5.32 Å². The van der Waals surface area contributed by atoms with Gasteiger partial charge in [0.2, 0.25) is 5.91 Å². The van der Waals surface area contributed by atoms with Crippen LogP contribution in [0, 0.1) is 0 Å². The van der Waals surface area contributed by atoms with Gasteiger partial charge in [0.1, 0.15) is 0 Å². The van der Waals surface area contributed by atoms with E-state index in [0.29, 0.717) is 6.42 Å². The molecule has 19 heavy (non-hydrogen) atoms. The third kappa shape index (κ3) is 4.52. The molecule has 0 unspecified atom stereocenters. The molecule has 5 nitrogen and oxygen atoms in total. The summed E-state index contributed by atoms with van der Waals surface area (Å²) in [7, 11) is 0. The number of hydrogen-bond acceptors (Lipinski definition) is 3. The van der Waals surface area contributed by atoms with E-state index in [1.807, 2.05) is 9.47 Å². The molecule has 5 heteroatoms. The zero-order chi connectivity index (χ0) is 13.5. The second-order valence-corrected chi connectivity index (χ2v) is 4.86. The van der Waals surface area contributed by atoms with E-state index in [4.69, 9.17) is 0 Å². The van der Waals surface area contributed by atoms with Crippen LogP contribution in [0.5, 0.6) is 0 Å². The van der Waals surface area contributed by atoms with Crippen molar-refractivity contribution in [3.8, 4) is 0 Å². The lowest BCUT2D eigenvalue weighted by molar-refractivity contribution is -0.131. The second-order valence-electron chi connectivity index (χ2n) is 4.86. The molecule has 1 N–H and O–H groups in total. The summed E-state index contributed by atoms with van der Waals surface area (Å²) in [6.45, 7) is 4.35. The first kappa shape index (κ1) is 13.8. The Morgan fingerprint density at radius 3 is 2.79 bits per heavy atom. The third-order valence-corrected chi connectivity index (χ3v) is 3.36. The number of nitrogens with one attached hydrogen (secondary N) is 1. The number of amides is 1. The molecule has 1 amide bonds. The number of hydrogen-bond donors (Lipinski definition) is 1. The Morgan fingerprint density at radius 1 is 1.21 bits per heavy atom. The van der Waals surface area contributed by atoms with Gasteiger partial charge in [-0.1, -0.05) is 0 Å². The van der Waals surface area contributed by atoms with Crippen molar-refractivity contribution in [2.45, 2.75) is 25.8 Å².